The summed E-state index contributed by atoms with van der Waals surface area (Å²) in [7, 11) is 0. The average molecular weight is 186 g/mol. The van der Waals surface area contributed by atoms with E-state index in [-0.39, 0.29) is 11.7 Å². The molecule has 0 saturated carbocycles. The molecular formula is C13H14O. The molecular weight excluding hydrogens is 172 g/mol. The van der Waals surface area contributed by atoms with Crippen molar-refractivity contribution in [2.24, 2.45) is 5.92 Å². The first kappa shape index (κ1) is 10.5. The smallest absolute Gasteiger partial charge is 0.164 e. The zero-order chi connectivity index (χ0) is 10.4. The van der Waals surface area contributed by atoms with Crippen molar-refractivity contribution in [1.82, 2.24) is 0 Å². The van der Waals surface area contributed by atoms with Crippen LogP contribution in [0.15, 0.2) is 30.3 Å². The van der Waals surface area contributed by atoms with E-state index in [0.717, 1.165) is 5.56 Å². The van der Waals surface area contributed by atoms with Crippen molar-refractivity contribution >= 4 is 5.78 Å². The fourth-order valence-corrected chi connectivity index (χ4v) is 1.32. The van der Waals surface area contributed by atoms with E-state index < -0.39 is 0 Å². The summed E-state index contributed by atoms with van der Waals surface area (Å²) in [6.45, 7) is 3.76. The number of hydrogen-bond donors (Lipinski definition) is 0. The molecule has 0 heterocycles. The molecule has 0 aromatic heterocycles. The van der Waals surface area contributed by atoms with Crippen LogP contribution in [-0.4, -0.2) is 5.78 Å². The number of rotatable bonds is 3. The fourth-order valence-electron chi connectivity index (χ4n) is 1.32. The van der Waals surface area contributed by atoms with Crippen molar-refractivity contribution < 1.29 is 4.79 Å². The summed E-state index contributed by atoms with van der Waals surface area (Å²) in [5, 5.41) is 0. The normalized spacial score (nSPS) is 11.3. The molecule has 0 spiro atoms. The van der Waals surface area contributed by atoms with E-state index in [0.29, 0.717) is 6.42 Å². The molecule has 0 aliphatic carbocycles. The minimum absolute atomic E-state index is 0.146. The lowest BCUT2D eigenvalue weighted by molar-refractivity contribution is 0.0973. The van der Waals surface area contributed by atoms with Gasteiger partial charge in [0.05, 0.1) is 0 Å². The third-order valence-corrected chi connectivity index (χ3v) is 1.98. The Morgan fingerprint density at radius 3 is 2.57 bits per heavy atom. The van der Waals surface area contributed by atoms with Crippen LogP contribution in [0.2, 0.25) is 0 Å². The molecule has 1 atom stereocenters. The van der Waals surface area contributed by atoms with Crippen LogP contribution < -0.4 is 0 Å². The molecule has 1 nitrogen and oxygen atoms in total. The molecule has 0 saturated heterocycles. The van der Waals surface area contributed by atoms with Crippen molar-refractivity contribution in [3.8, 4) is 11.8 Å². The zero-order valence-electron chi connectivity index (χ0n) is 8.58. The van der Waals surface area contributed by atoms with Crippen molar-refractivity contribution in [3.05, 3.63) is 35.9 Å². The Morgan fingerprint density at radius 1 is 1.36 bits per heavy atom. The molecule has 0 aliphatic heterocycles. The Balaban J connectivity index is 2.62. The standard InChI is InChI=1S/C13H14O/c1-3-7-11(2)10-13(14)12-8-5-4-6-9-12/h4-6,8-9,11H,10H2,1-2H3. The molecule has 1 rings (SSSR count). The summed E-state index contributed by atoms with van der Waals surface area (Å²) in [4.78, 5) is 11.7. The molecule has 0 fully saturated rings. The Bertz CT molecular complexity index is 354. The Morgan fingerprint density at radius 2 is 2.00 bits per heavy atom. The summed E-state index contributed by atoms with van der Waals surface area (Å²) < 4.78 is 0. The summed E-state index contributed by atoms with van der Waals surface area (Å²) >= 11 is 0. The highest BCUT2D eigenvalue weighted by Crippen LogP contribution is 2.08. The first-order valence-corrected chi connectivity index (χ1v) is 4.74. The number of carbonyl (C=O) groups excluding carboxylic acids is 1. The van der Waals surface area contributed by atoms with Crippen LogP contribution in [0.5, 0.6) is 0 Å². The molecule has 72 valence electrons. The molecule has 1 heteroatoms. The SMILES string of the molecule is CC#CC(C)CC(=O)c1ccccc1. The first-order valence-electron chi connectivity index (χ1n) is 4.74. The van der Waals surface area contributed by atoms with Gasteiger partial charge in [-0.2, -0.15) is 0 Å². The van der Waals surface area contributed by atoms with E-state index in [1.165, 1.54) is 0 Å². The van der Waals surface area contributed by atoms with Crippen molar-refractivity contribution in [3.63, 3.8) is 0 Å². The van der Waals surface area contributed by atoms with Crippen LogP contribution in [0.4, 0.5) is 0 Å². The van der Waals surface area contributed by atoms with Gasteiger partial charge >= 0.3 is 0 Å². The maximum absolute atomic E-state index is 11.7. The summed E-state index contributed by atoms with van der Waals surface area (Å²) in [6, 6.07) is 9.35. The van der Waals surface area contributed by atoms with Gasteiger partial charge in [-0.3, -0.25) is 4.79 Å². The maximum atomic E-state index is 11.7. The van der Waals surface area contributed by atoms with E-state index in [9.17, 15) is 4.79 Å². The molecule has 0 bridgehead atoms. The number of ketones is 1. The number of Topliss-reactive ketones (excluding diaryl/α,β-unsaturated/α-hetero) is 1. The number of benzene rings is 1. The molecule has 1 aromatic carbocycles. The molecule has 0 amide bonds. The second-order valence-corrected chi connectivity index (χ2v) is 3.29. The lowest BCUT2D eigenvalue weighted by atomic mass is 10.0. The lowest BCUT2D eigenvalue weighted by Crippen LogP contribution is -2.04. The summed E-state index contributed by atoms with van der Waals surface area (Å²) in [5.74, 6) is 6.11. The quantitative estimate of drug-likeness (QED) is 0.524. The second kappa shape index (κ2) is 5.24. The van der Waals surface area contributed by atoms with Gasteiger partial charge in [0.15, 0.2) is 5.78 Å². The van der Waals surface area contributed by atoms with E-state index >= 15 is 0 Å². The van der Waals surface area contributed by atoms with Gasteiger partial charge in [-0.25, -0.2) is 0 Å². The maximum Gasteiger partial charge on any atom is 0.164 e. The highest BCUT2D eigenvalue weighted by molar-refractivity contribution is 5.96. The van der Waals surface area contributed by atoms with Crippen LogP contribution in [0.1, 0.15) is 30.6 Å². The first-order chi connectivity index (χ1) is 6.74. The van der Waals surface area contributed by atoms with Gasteiger partial charge in [-0.15, -0.1) is 11.8 Å². The van der Waals surface area contributed by atoms with E-state index in [2.05, 4.69) is 11.8 Å². The Labute approximate surface area is 85.1 Å². The van der Waals surface area contributed by atoms with Crippen LogP contribution >= 0.6 is 0 Å². The van der Waals surface area contributed by atoms with E-state index in [1.807, 2.05) is 37.3 Å². The summed E-state index contributed by atoms with van der Waals surface area (Å²) in [5.41, 5.74) is 0.775. The van der Waals surface area contributed by atoms with Crippen molar-refractivity contribution in [1.29, 1.82) is 0 Å². The van der Waals surface area contributed by atoms with Crippen molar-refractivity contribution in [2.75, 3.05) is 0 Å². The molecule has 0 aliphatic rings. The Kier molecular flexibility index (Phi) is 3.94. The van der Waals surface area contributed by atoms with Gasteiger partial charge in [0.1, 0.15) is 0 Å². The molecule has 14 heavy (non-hydrogen) atoms. The topological polar surface area (TPSA) is 17.1 Å². The molecule has 1 aromatic rings. The van der Waals surface area contributed by atoms with Crippen LogP contribution in [0.25, 0.3) is 0 Å². The second-order valence-electron chi connectivity index (χ2n) is 3.29. The van der Waals surface area contributed by atoms with Crippen molar-refractivity contribution in [2.45, 2.75) is 20.3 Å². The lowest BCUT2D eigenvalue weighted by Gasteiger charge is -2.02. The number of carbonyl (C=O) groups is 1. The molecule has 0 N–H and O–H groups in total. The monoisotopic (exact) mass is 186 g/mol. The number of hydrogen-bond acceptors (Lipinski definition) is 1. The zero-order valence-corrected chi connectivity index (χ0v) is 8.58. The fraction of sp³-hybridized carbons (Fsp3) is 0.308. The minimum Gasteiger partial charge on any atom is -0.294 e. The van der Waals surface area contributed by atoms with Gasteiger partial charge in [0, 0.05) is 17.9 Å². The third kappa shape index (κ3) is 3.06. The molecule has 1 unspecified atom stereocenters. The predicted molar refractivity (Wildman–Crippen MR) is 58.0 cm³/mol. The van der Waals surface area contributed by atoms with E-state index in [1.54, 1.807) is 6.92 Å². The highest BCUT2D eigenvalue weighted by atomic mass is 16.1. The van der Waals surface area contributed by atoms with Gasteiger partial charge in [0.25, 0.3) is 0 Å². The van der Waals surface area contributed by atoms with Gasteiger partial charge in [-0.05, 0) is 6.92 Å². The van der Waals surface area contributed by atoms with Crippen LogP contribution in [-0.2, 0) is 0 Å². The van der Waals surface area contributed by atoms with Gasteiger partial charge < -0.3 is 0 Å². The van der Waals surface area contributed by atoms with E-state index in [4.69, 9.17) is 0 Å². The average Bonchev–Trinajstić information content (AvgIpc) is 2.19. The van der Waals surface area contributed by atoms with Gasteiger partial charge in [-0.1, -0.05) is 37.3 Å². The largest absolute Gasteiger partial charge is 0.294 e. The minimum atomic E-state index is 0.146. The van der Waals surface area contributed by atoms with Crippen LogP contribution in [0.3, 0.4) is 0 Å². The predicted octanol–water partition coefficient (Wildman–Crippen LogP) is 2.92. The highest BCUT2D eigenvalue weighted by Gasteiger charge is 2.08. The third-order valence-electron chi connectivity index (χ3n) is 1.98. The summed E-state index contributed by atoms with van der Waals surface area (Å²) in [6.07, 6.45) is 0.505. The Hall–Kier alpha value is -1.55. The van der Waals surface area contributed by atoms with Crippen LogP contribution in [0, 0.1) is 17.8 Å². The molecule has 0 radical (unpaired) electrons. The van der Waals surface area contributed by atoms with Gasteiger partial charge in [0.2, 0.25) is 0 Å².